The molecule has 0 aliphatic rings. The molecule has 8 heteroatoms. The number of amides is 2. The molecular formula is C27H27FN6O. The van der Waals surface area contributed by atoms with Gasteiger partial charge in [0.25, 0.3) is 0 Å². The Morgan fingerprint density at radius 1 is 0.914 bits per heavy atom. The lowest BCUT2D eigenvalue weighted by atomic mass is 10.1. The molecule has 0 aliphatic carbocycles. The van der Waals surface area contributed by atoms with Gasteiger partial charge in [0.05, 0.1) is 11.7 Å². The van der Waals surface area contributed by atoms with E-state index in [0.29, 0.717) is 23.1 Å². The predicted octanol–water partition coefficient (Wildman–Crippen LogP) is 6.23. The lowest BCUT2D eigenvalue weighted by Gasteiger charge is -2.24. The van der Waals surface area contributed by atoms with Crippen LogP contribution in [0.5, 0.6) is 0 Å². The molecule has 1 aromatic heterocycles. The third kappa shape index (κ3) is 5.92. The standard InChI is InChI=1S/C27H27FN6O/c1-19(20-9-5-4-6-10-20)30-26-29-16-15-25(32-26)34(24-14-8-13-23(18-24)33(2)3)27(35)31-22-12-7-11-21(28)17-22/h4-19H,1-3H3,(H,31,35)(H,29,30,32). The third-order valence-electron chi connectivity index (χ3n) is 5.40. The number of halogens is 1. The van der Waals surface area contributed by atoms with Crippen molar-refractivity contribution in [3.8, 4) is 0 Å². The molecule has 0 saturated carbocycles. The van der Waals surface area contributed by atoms with Crippen LogP contribution in [0.2, 0.25) is 0 Å². The zero-order valence-corrected chi connectivity index (χ0v) is 19.8. The lowest BCUT2D eigenvalue weighted by molar-refractivity contribution is 0.259. The van der Waals surface area contributed by atoms with Gasteiger partial charge in [-0.1, -0.05) is 42.5 Å². The number of carbonyl (C=O) groups excluding carboxylic acids is 1. The molecule has 1 unspecified atom stereocenters. The first-order chi connectivity index (χ1) is 16.9. The number of aromatic nitrogens is 2. The third-order valence-corrected chi connectivity index (χ3v) is 5.40. The molecule has 2 amide bonds. The van der Waals surface area contributed by atoms with Gasteiger partial charge in [0.15, 0.2) is 0 Å². The molecule has 0 aliphatic heterocycles. The molecule has 0 bridgehead atoms. The van der Waals surface area contributed by atoms with Crippen molar-refractivity contribution in [1.29, 1.82) is 0 Å². The van der Waals surface area contributed by atoms with E-state index in [1.807, 2.05) is 80.5 Å². The molecule has 4 rings (SSSR count). The van der Waals surface area contributed by atoms with Crippen LogP contribution in [0.1, 0.15) is 18.5 Å². The monoisotopic (exact) mass is 470 g/mol. The van der Waals surface area contributed by atoms with Gasteiger partial charge in [-0.15, -0.1) is 0 Å². The summed E-state index contributed by atoms with van der Waals surface area (Å²) in [7, 11) is 3.85. The Kier molecular flexibility index (Phi) is 7.21. The van der Waals surface area contributed by atoms with E-state index in [1.54, 1.807) is 24.4 Å². The molecule has 0 radical (unpaired) electrons. The smallest absolute Gasteiger partial charge is 0.332 e. The van der Waals surface area contributed by atoms with E-state index < -0.39 is 11.8 Å². The van der Waals surface area contributed by atoms with Crippen LogP contribution in [0.15, 0.2) is 91.1 Å². The molecule has 0 saturated heterocycles. The Hall–Kier alpha value is -4.46. The van der Waals surface area contributed by atoms with Gasteiger partial charge in [0.1, 0.15) is 11.6 Å². The average Bonchev–Trinajstić information content (AvgIpc) is 2.85. The molecule has 178 valence electrons. The fourth-order valence-corrected chi connectivity index (χ4v) is 3.57. The summed E-state index contributed by atoms with van der Waals surface area (Å²) in [6.07, 6.45) is 1.60. The van der Waals surface area contributed by atoms with Crippen LogP contribution in [0.25, 0.3) is 0 Å². The van der Waals surface area contributed by atoms with Gasteiger partial charge in [-0.2, -0.15) is 4.98 Å². The highest BCUT2D eigenvalue weighted by Gasteiger charge is 2.21. The second kappa shape index (κ2) is 10.6. The molecule has 35 heavy (non-hydrogen) atoms. The summed E-state index contributed by atoms with van der Waals surface area (Å²) in [5, 5.41) is 6.06. The van der Waals surface area contributed by atoms with Crippen LogP contribution < -0.4 is 20.4 Å². The topological polar surface area (TPSA) is 73.4 Å². The summed E-state index contributed by atoms with van der Waals surface area (Å²) in [6, 6.07) is 24.4. The van der Waals surface area contributed by atoms with Crippen LogP contribution in [0.3, 0.4) is 0 Å². The molecule has 0 spiro atoms. The normalized spacial score (nSPS) is 11.4. The van der Waals surface area contributed by atoms with Crippen LogP contribution >= 0.6 is 0 Å². The summed E-state index contributed by atoms with van der Waals surface area (Å²) in [5.41, 5.74) is 2.94. The van der Waals surface area contributed by atoms with Crippen molar-refractivity contribution >= 4 is 34.9 Å². The van der Waals surface area contributed by atoms with Crippen molar-refractivity contribution in [2.75, 3.05) is 34.5 Å². The number of urea groups is 1. The van der Waals surface area contributed by atoms with E-state index in [-0.39, 0.29) is 6.04 Å². The number of anilines is 5. The molecular weight excluding hydrogens is 443 g/mol. The Morgan fingerprint density at radius 2 is 1.66 bits per heavy atom. The van der Waals surface area contributed by atoms with Gasteiger partial charge in [0.2, 0.25) is 5.95 Å². The summed E-state index contributed by atoms with van der Waals surface area (Å²) in [6.45, 7) is 2.01. The molecule has 2 N–H and O–H groups in total. The van der Waals surface area contributed by atoms with Gasteiger partial charge in [-0.25, -0.2) is 19.1 Å². The summed E-state index contributed by atoms with van der Waals surface area (Å²) < 4.78 is 13.7. The van der Waals surface area contributed by atoms with E-state index in [2.05, 4.69) is 20.6 Å². The van der Waals surface area contributed by atoms with Gasteiger partial charge in [0, 0.05) is 37.7 Å². The Morgan fingerprint density at radius 3 is 2.40 bits per heavy atom. The SMILES string of the molecule is CC(Nc1nccc(N(C(=O)Nc2cccc(F)c2)c2cccc(N(C)C)c2)n1)c1ccccc1. The Labute approximate surface area is 204 Å². The van der Waals surface area contributed by atoms with Crippen molar-refractivity contribution in [2.24, 2.45) is 0 Å². The van der Waals surface area contributed by atoms with Crippen molar-refractivity contribution in [1.82, 2.24) is 9.97 Å². The molecule has 1 heterocycles. The average molecular weight is 471 g/mol. The highest BCUT2D eigenvalue weighted by atomic mass is 19.1. The fourth-order valence-electron chi connectivity index (χ4n) is 3.57. The zero-order chi connectivity index (χ0) is 24.8. The zero-order valence-electron chi connectivity index (χ0n) is 19.8. The fraction of sp³-hybridized carbons (Fsp3) is 0.148. The molecule has 4 aromatic rings. The largest absolute Gasteiger partial charge is 0.378 e. The van der Waals surface area contributed by atoms with Gasteiger partial charge < -0.3 is 15.5 Å². The van der Waals surface area contributed by atoms with Crippen molar-refractivity contribution in [3.63, 3.8) is 0 Å². The summed E-state index contributed by atoms with van der Waals surface area (Å²) in [4.78, 5) is 25.8. The summed E-state index contributed by atoms with van der Waals surface area (Å²) >= 11 is 0. The van der Waals surface area contributed by atoms with Gasteiger partial charge in [-0.3, -0.25) is 0 Å². The number of nitrogens with zero attached hydrogens (tertiary/aromatic N) is 4. The van der Waals surface area contributed by atoms with Crippen LogP contribution in [0, 0.1) is 5.82 Å². The number of nitrogens with one attached hydrogen (secondary N) is 2. The van der Waals surface area contributed by atoms with Crippen LogP contribution in [-0.2, 0) is 0 Å². The number of hydrogen-bond donors (Lipinski definition) is 2. The minimum absolute atomic E-state index is 0.0434. The maximum atomic E-state index is 13.7. The molecule has 7 nitrogen and oxygen atoms in total. The second-order valence-corrected chi connectivity index (χ2v) is 8.21. The first-order valence-corrected chi connectivity index (χ1v) is 11.2. The Bertz CT molecular complexity index is 1300. The molecule has 0 fully saturated rings. The van der Waals surface area contributed by atoms with Gasteiger partial charge >= 0.3 is 6.03 Å². The second-order valence-electron chi connectivity index (χ2n) is 8.21. The van der Waals surface area contributed by atoms with Crippen LogP contribution in [0.4, 0.5) is 38.0 Å². The molecule has 3 aromatic carbocycles. The van der Waals surface area contributed by atoms with Crippen molar-refractivity contribution < 1.29 is 9.18 Å². The highest BCUT2D eigenvalue weighted by molar-refractivity contribution is 6.06. The van der Waals surface area contributed by atoms with Crippen LogP contribution in [-0.4, -0.2) is 30.1 Å². The first kappa shape index (κ1) is 23.7. The van der Waals surface area contributed by atoms with E-state index >= 15 is 0 Å². The quantitative estimate of drug-likeness (QED) is 0.335. The lowest BCUT2D eigenvalue weighted by Crippen LogP contribution is -2.32. The number of hydrogen-bond acceptors (Lipinski definition) is 5. The van der Waals surface area contributed by atoms with Crippen molar-refractivity contribution in [2.45, 2.75) is 13.0 Å². The first-order valence-electron chi connectivity index (χ1n) is 11.2. The van der Waals surface area contributed by atoms with Crippen molar-refractivity contribution in [3.05, 3.63) is 103 Å². The predicted molar refractivity (Wildman–Crippen MR) is 139 cm³/mol. The number of rotatable bonds is 7. The number of carbonyl (C=O) groups is 1. The van der Waals surface area contributed by atoms with E-state index in [1.165, 1.54) is 17.0 Å². The maximum absolute atomic E-state index is 13.7. The van der Waals surface area contributed by atoms with E-state index in [9.17, 15) is 9.18 Å². The van der Waals surface area contributed by atoms with E-state index in [4.69, 9.17) is 0 Å². The maximum Gasteiger partial charge on any atom is 0.332 e. The van der Waals surface area contributed by atoms with Gasteiger partial charge in [-0.05, 0) is 48.9 Å². The minimum atomic E-state index is -0.479. The van der Waals surface area contributed by atoms with E-state index in [0.717, 1.165) is 11.3 Å². The Balaban J connectivity index is 1.68. The highest BCUT2D eigenvalue weighted by Crippen LogP contribution is 2.29. The molecule has 1 atom stereocenters. The number of benzene rings is 3. The summed E-state index contributed by atoms with van der Waals surface area (Å²) in [5.74, 6) is 0.311. The minimum Gasteiger partial charge on any atom is -0.378 e.